The first-order chi connectivity index (χ1) is 24.7. The predicted molar refractivity (Wildman–Crippen MR) is 206 cm³/mol. The van der Waals surface area contributed by atoms with Crippen LogP contribution in [0.4, 0.5) is 5.69 Å². The zero-order chi connectivity index (χ0) is 34.1. The molecule has 4 nitrogen and oxygen atoms in total. The van der Waals surface area contributed by atoms with Crippen molar-refractivity contribution in [3.63, 3.8) is 0 Å². The Morgan fingerprint density at radius 2 is 1.08 bits per heavy atom. The molecular weight excluding hydrogens is 625 g/mol. The number of rotatable bonds is 6. The zero-order valence-corrected chi connectivity index (χ0v) is 28.0. The van der Waals surface area contributed by atoms with E-state index < -0.39 is 8.07 Å². The number of hydrogen-bond acceptors (Lipinski definition) is 2. The third kappa shape index (κ3) is 4.80. The van der Waals surface area contributed by atoms with Gasteiger partial charge in [0.25, 0.3) is 0 Å². The first kappa shape index (κ1) is 30.4. The van der Waals surface area contributed by atoms with Crippen molar-refractivity contribution in [2.75, 3.05) is 0 Å². The van der Waals surface area contributed by atoms with Crippen molar-refractivity contribution in [1.82, 2.24) is 4.57 Å². The van der Waals surface area contributed by atoms with Gasteiger partial charge in [-0.05, 0) is 80.2 Å². The van der Waals surface area contributed by atoms with Crippen molar-refractivity contribution in [1.29, 1.82) is 10.5 Å². The van der Waals surface area contributed by atoms with E-state index in [0.29, 0.717) is 16.8 Å². The van der Waals surface area contributed by atoms with E-state index in [1.807, 2.05) is 48.5 Å². The Morgan fingerprint density at radius 1 is 0.520 bits per heavy atom. The van der Waals surface area contributed by atoms with E-state index in [-0.39, 0.29) is 0 Å². The first-order valence-electron chi connectivity index (χ1n) is 16.3. The molecule has 0 aliphatic rings. The lowest BCUT2D eigenvalue weighted by Crippen LogP contribution is -2.75. The average molecular weight is 653 g/mol. The zero-order valence-electron chi connectivity index (χ0n) is 27.0. The summed E-state index contributed by atoms with van der Waals surface area (Å²) < 4.78 is 2.17. The van der Waals surface area contributed by atoms with Crippen molar-refractivity contribution < 1.29 is 0 Å². The molecule has 50 heavy (non-hydrogen) atoms. The van der Waals surface area contributed by atoms with Gasteiger partial charge in [0, 0.05) is 16.6 Å². The fourth-order valence-corrected chi connectivity index (χ4v) is 12.5. The van der Waals surface area contributed by atoms with Crippen molar-refractivity contribution in [3.8, 4) is 29.0 Å². The minimum atomic E-state index is -2.93. The SMILES string of the molecule is [C-]#[N+]c1ccc2c(c1)c1cc(C#N)ccc1n2-c1ccc(C#N)c(-c2ccccc2[Si](c2ccccc2)(c2ccccc2)c2ccccc2)c1. The van der Waals surface area contributed by atoms with Gasteiger partial charge in [0.1, 0.15) is 0 Å². The summed E-state index contributed by atoms with van der Waals surface area (Å²) in [6.45, 7) is 7.64. The summed E-state index contributed by atoms with van der Waals surface area (Å²) >= 11 is 0. The second kappa shape index (κ2) is 12.6. The minimum Gasteiger partial charge on any atom is -0.309 e. The van der Waals surface area contributed by atoms with Crippen LogP contribution in [-0.2, 0) is 0 Å². The highest BCUT2D eigenvalue weighted by molar-refractivity contribution is 7.20. The fraction of sp³-hybridized carbons (Fsp3) is 0. The summed E-state index contributed by atoms with van der Waals surface area (Å²) in [5.74, 6) is 0. The Kier molecular flexibility index (Phi) is 7.63. The average Bonchev–Trinajstić information content (AvgIpc) is 3.52. The van der Waals surface area contributed by atoms with Crippen LogP contribution in [-0.4, -0.2) is 12.6 Å². The summed E-state index contributed by atoms with van der Waals surface area (Å²) in [5.41, 5.74) is 6.28. The predicted octanol–water partition coefficient (Wildman–Crippen LogP) is 8.12. The lowest BCUT2D eigenvalue weighted by Gasteiger charge is -2.36. The number of nitriles is 2. The molecule has 0 N–H and O–H groups in total. The van der Waals surface area contributed by atoms with Crippen LogP contribution < -0.4 is 20.7 Å². The molecule has 232 valence electrons. The number of benzene rings is 7. The molecule has 1 heterocycles. The van der Waals surface area contributed by atoms with E-state index in [1.165, 1.54) is 20.7 Å². The van der Waals surface area contributed by atoms with E-state index in [2.05, 4.69) is 143 Å². The first-order valence-corrected chi connectivity index (χ1v) is 18.3. The Morgan fingerprint density at radius 3 is 1.66 bits per heavy atom. The molecule has 0 saturated heterocycles. The quantitative estimate of drug-likeness (QED) is 0.104. The van der Waals surface area contributed by atoms with Crippen LogP contribution in [0.25, 0.3) is 43.5 Å². The maximum atomic E-state index is 10.6. The summed E-state index contributed by atoms with van der Waals surface area (Å²) in [6, 6.07) is 63.1. The summed E-state index contributed by atoms with van der Waals surface area (Å²) in [5, 5.41) is 27.1. The van der Waals surface area contributed by atoms with Crippen LogP contribution in [0, 0.1) is 29.2 Å². The van der Waals surface area contributed by atoms with Crippen molar-refractivity contribution in [2.24, 2.45) is 0 Å². The number of nitrogens with zero attached hydrogens (tertiary/aromatic N) is 4. The van der Waals surface area contributed by atoms with Crippen LogP contribution in [0.15, 0.2) is 170 Å². The Hall–Kier alpha value is -6.97. The van der Waals surface area contributed by atoms with Gasteiger partial charge in [0.05, 0.1) is 40.9 Å². The van der Waals surface area contributed by atoms with Gasteiger partial charge in [-0.1, -0.05) is 121 Å². The van der Waals surface area contributed by atoms with Crippen LogP contribution in [0.1, 0.15) is 11.1 Å². The second-order valence-electron chi connectivity index (χ2n) is 12.2. The number of hydrogen-bond donors (Lipinski definition) is 0. The third-order valence-electron chi connectivity index (χ3n) is 9.63. The minimum absolute atomic E-state index is 0.539. The van der Waals surface area contributed by atoms with E-state index in [9.17, 15) is 10.5 Å². The maximum Gasteiger partial charge on any atom is 0.188 e. The van der Waals surface area contributed by atoms with Gasteiger partial charge in [-0.3, -0.25) is 0 Å². The molecule has 1 aromatic heterocycles. The maximum absolute atomic E-state index is 10.6. The van der Waals surface area contributed by atoms with E-state index >= 15 is 0 Å². The summed E-state index contributed by atoms with van der Waals surface area (Å²) in [7, 11) is -2.93. The van der Waals surface area contributed by atoms with Gasteiger partial charge >= 0.3 is 0 Å². The van der Waals surface area contributed by atoms with Gasteiger partial charge in [0.15, 0.2) is 13.8 Å². The standard InChI is InChI=1S/C45H28N4Si/c1-48-34-23-26-44-42(28-34)41-27-32(30-46)21-25-43(41)49(44)35-24-22-33(31-47)40(29-35)39-19-11-12-20-45(39)50(36-13-5-2-6-14-36,37-15-7-3-8-16-37)38-17-9-4-10-18-38/h2-29H. The largest absolute Gasteiger partial charge is 0.309 e. The van der Waals surface area contributed by atoms with Crippen molar-refractivity contribution in [2.45, 2.75) is 0 Å². The molecule has 8 rings (SSSR count). The lowest BCUT2D eigenvalue weighted by molar-refractivity contribution is 1.18. The van der Waals surface area contributed by atoms with Crippen LogP contribution in [0.5, 0.6) is 0 Å². The van der Waals surface area contributed by atoms with Crippen molar-refractivity contribution >= 4 is 56.3 Å². The molecule has 5 heteroatoms. The molecule has 0 spiro atoms. The van der Waals surface area contributed by atoms with E-state index in [1.54, 1.807) is 0 Å². The molecule has 8 aromatic rings. The Labute approximate surface area is 291 Å². The van der Waals surface area contributed by atoms with Gasteiger partial charge in [-0.25, -0.2) is 4.85 Å². The third-order valence-corrected chi connectivity index (χ3v) is 14.5. The second-order valence-corrected chi connectivity index (χ2v) is 16.0. The molecule has 0 radical (unpaired) electrons. The van der Waals surface area contributed by atoms with Gasteiger partial charge in [0.2, 0.25) is 0 Å². The topological polar surface area (TPSA) is 56.9 Å². The lowest BCUT2D eigenvalue weighted by atomic mass is 9.99. The highest BCUT2D eigenvalue weighted by Gasteiger charge is 2.43. The summed E-state index contributed by atoms with van der Waals surface area (Å²) in [4.78, 5) is 3.68. The smallest absolute Gasteiger partial charge is 0.188 e. The molecule has 0 aliphatic carbocycles. The molecule has 0 atom stereocenters. The Balaban J connectivity index is 1.45. The van der Waals surface area contributed by atoms with Gasteiger partial charge in [-0.15, -0.1) is 0 Å². The molecule has 0 aliphatic heterocycles. The number of aromatic nitrogens is 1. The normalized spacial score (nSPS) is 11.1. The molecule has 0 unspecified atom stereocenters. The highest BCUT2D eigenvalue weighted by atomic mass is 28.3. The van der Waals surface area contributed by atoms with Crippen LogP contribution >= 0.6 is 0 Å². The van der Waals surface area contributed by atoms with Gasteiger partial charge < -0.3 is 4.57 Å². The van der Waals surface area contributed by atoms with Crippen LogP contribution in [0.3, 0.4) is 0 Å². The number of fused-ring (bicyclic) bond motifs is 3. The fourth-order valence-electron chi connectivity index (χ4n) is 7.50. The van der Waals surface area contributed by atoms with E-state index in [0.717, 1.165) is 38.6 Å². The molecular formula is C45H28N4Si. The molecule has 0 saturated carbocycles. The highest BCUT2D eigenvalue weighted by Crippen LogP contribution is 2.36. The monoisotopic (exact) mass is 652 g/mol. The summed E-state index contributed by atoms with van der Waals surface area (Å²) in [6.07, 6.45) is 0. The molecule has 0 bridgehead atoms. The van der Waals surface area contributed by atoms with E-state index in [4.69, 9.17) is 6.57 Å². The van der Waals surface area contributed by atoms with Crippen LogP contribution in [0.2, 0.25) is 0 Å². The Bertz CT molecular complexity index is 2510. The van der Waals surface area contributed by atoms with Gasteiger partial charge in [-0.2, -0.15) is 10.5 Å². The molecule has 0 fully saturated rings. The van der Waals surface area contributed by atoms with Crippen molar-refractivity contribution in [3.05, 3.63) is 192 Å². The molecule has 0 amide bonds. The molecule has 7 aromatic carbocycles.